The Hall–Kier alpha value is -4.04. The highest BCUT2D eigenvalue weighted by Crippen LogP contribution is 2.31. The third-order valence-corrected chi connectivity index (χ3v) is 7.55. The standard InChI is InChI=1S/C18H13ClO.C12H11BO2.C6H4BrClO/c19-17-12-16(9-10-18(17)20)15-8-4-7-14(11-15)13-5-2-1-3-6-13;14-13(15)12-8-4-7-11(9-12)10-5-2-1-3-6-10;7-4-1-2-6(9)5(8)3-4/h1-12,20H;1-9,14-15H;1-3,9H. The van der Waals surface area contributed by atoms with E-state index >= 15 is 0 Å². The Morgan fingerprint density at radius 3 is 1.36 bits per heavy atom. The molecule has 0 saturated heterocycles. The van der Waals surface area contributed by atoms with Gasteiger partial charge in [0, 0.05) is 4.47 Å². The van der Waals surface area contributed by atoms with Crippen LogP contribution < -0.4 is 5.46 Å². The number of benzene rings is 6. The SMILES string of the molecule is OB(O)c1cccc(-c2ccccc2)c1.Oc1ccc(-c2cccc(-c3ccccc3)c2)cc1Cl.Oc1ccc(Br)cc1Cl. The molecule has 44 heavy (non-hydrogen) atoms. The van der Waals surface area contributed by atoms with Crippen LogP contribution in [0.15, 0.2) is 150 Å². The van der Waals surface area contributed by atoms with Crippen molar-refractivity contribution in [1.29, 1.82) is 0 Å². The Morgan fingerprint density at radius 1 is 0.432 bits per heavy atom. The summed E-state index contributed by atoms with van der Waals surface area (Å²) in [7, 11) is -1.41. The Morgan fingerprint density at radius 2 is 0.864 bits per heavy atom. The minimum absolute atomic E-state index is 0.106. The van der Waals surface area contributed by atoms with Crippen molar-refractivity contribution in [3.05, 3.63) is 160 Å². The molecule has 0 aliphatic carbocycles. The third-order valence-electron chi connectivity index (χ3n) is 6.45. The Balaban J connectivity index is 0.000000162. The molecular formula is C36H28BBrCl2O4. The minimum atomic E-state index is -1.41. The fourth-order valence-electron chi connectivity index (χ4n) is 4.19. The zero-order chi connectivity index (χ0) is 31.5. The van der Waals surface area contributed by atoms with E-state index in [0.717, 1.165) is 32.3 Å². The smallest absolute Gasteiger partial charge is 0.488 e. The number of phenolic OH excluding ortho intramolecular Hbond substituents is 2. The first kappa shape index (κ1) is 32.9. The van der Waals surface area contributed by atoms with Crippen LogP contribution in [0.4, 0.5) is 0 Å². The summed E-state index contributed by atoms with van der Waals surface area (Å²) in [6.07, 6.45) is 0. The molecule has 6 aromatic carbocycles. The van der Waals surface area contributed by atoms with E-state index in [1.54, 1.807) is 36.4 Å². The first-order valence-corrected chi connectivity index (χ1v) is 15.1. The summed E-state index contributed by atoms with van der Waals surface area (Å²) in [6.45, 7) is 0. The predicted molar refractivity (Wildman–Crippen MR) is 187 cm³/mol. The van der Waals surface area contributed by atoms with Crippen LogP contribution in [0, 0.1) is 0 Å². The quantitative estimate of drug-likeness (QED) is 0.140. The van der Waals surface area contributed by atoms with Gasteiger partial charge in [0.05, 0.1) is 10.0 Å². The largest absolute Gasteiger partial charge is 0.506 e. The van der Waals surface area contributed by atoms with Crippen LogP contribution in [0.2, 0.25) is 10.0 Å². The highest BCUT2D eigenvalue weighted by molar-refractivity contribution is 9.10. The fraction of sp³-hybridized carbons (Fsp3) is 0. The number of hydrogen-bond acceptors (Lipinski definition) is 4. The van der Waals surface area contributed by atoms with Crippen molar-refractivity contribution in [3.63, 3.8) is 0 Å². The van der Waals surface area contributed by atoms with Gasteiger partial charge in [-0.15, -0.1) is 0 Å². The normalized spacial score (nSPS) is 10.1. The van der Waals surface area contributed by atoms with Crippen LogP contribution in [-0.2, 0) is 0 Å². The van der Waals surface area contributed by atoms with Crippen LogP contribution in [0.1, 0.15) is 0 Å². The summed E-state index contributed by atoms with van der Waals surface area (Å²) in [5, 5.41) is 37.2. The van der Waals surface area contributed by atoms with Gasteiger partial charge in [-0.05, 0) is 75.2 Å². The topological polar surface area (TPSA) is 80.9 Å². The van der Waals surface area contributed by atoms with Crippen molar-refractivity contribution >= 4 is 51.7 Å². The summed E-state index contributed by atoms with van der Waals surface area (Å²) in [5.74, 6) is 0.217. The van der Waals surface area contributed by atoms with E-state index in [1.807, 2.05) is 78.9 Å². The fourth-order valence-corrected chi connectivity index (χ4v) is 5.04. The molecule has 0 unspecified atom stereocenters. The minimum Gasteiger partial charge on any atom is -0.506 e. The molecule has 0 aromatic heterocycles. The molecule has 0 spiro atoms. The molecule has 0 fully saturated rings. The lowest BCUT2D eigenvalue weighted by Crippen LogP contribution is -2.29. The van der Waals surface area contributed by atoms with Crippen LogP contribution in [0.25, 0.3) is 33.4 Å². The molecule has 0 bridgehead atoms. The molecular weight excluding hydrogens is 658 g/mol. The zero-order valence-corrected chi connectivity index (χ0v) is 26.5. The van der Waals surface area contributed by atoms with Gasteiger partial charge in [0.25, 0.3) is 0 Å². The molecule has 0 heterocycles. The van der Waals surface area contributed by atoms with E-state index in [2.05, 4.69) is 40.2 Å². The predicted octanol–water partition coefficient (Wildman–Crippen LogP) is 9.22. The number of rotatable bonds is 4. The van der Waals surface area contributed by atoms with Gasteiger partial charge in [-0.25, -0.2) is 0 Å². The van der Waals surface area contributed by atoms with E-state index in [4.69, 9.17) is 38.4 Å². The van der Waals surface area contributed by atoms with Crippen molar-refractivity contribution in [2.45, 2.75) is 0 Å². The highest BCUT2D eigenvalue weighted by atomic mass is 79.9. The van der Waals surface area contributed by atoms with Crippen molar-refractivity contribution in [3.8, 4) is 44.9 Å². The van der Waals surface area contributed by atoms with Crippen molar-refractivity contribution < 1.29 is 20.3 Å². The van der Waals surface area contributed by atoms with Gasteiger partial charge in [-0.3, -0.25) is 0 Å². The van der Waals surface area contributed by atoms with E-state index < -0.39 is 7.12 Å². The van der Waals surface area contributed by atoms with Gasteiger partial charge in [0.15, 0.2) is 0 Å². The van der Waals surface area contributed by atoms with Gasteiger partial charge in [-0.2, -0.15) is 0 Å². The second kappa shape index (κ2) is 16.2. The first-order valence-electron chi connectivity index (χ1n) is 13.5. The summed E-state index contributed by atoms with van der Waals surface area (Å²) < 4.78 is 0.866. The van der Waals surface area contributed by atoms with Crippen LogP contribution in [-0.4, -0.2) is 27.4 Å². The molecule has 0 aliphatic rings. The molecule has 0 aliphatic heterocycles. The zero-order valence-electron chi connectivity index (χ0n) is 23.4. The van der Waals surface area contributed by atoms with Crippen molar-refractivity contribution in [2.24, 2.45) is 0 Å². The number of halogens is 3. The molecule has 4 N–H and O–H groups in total. The van der Waals surface area contributed by atoms with Gasteiger partial charge in [0.1, 0.15) is 11.5 Å². The molecule has 6 aromatic rings. The van der Waals surface area contributed by atoms with Crippen LogP contribution in [0.3, 0.4) is 0 Å². The van der Waals surface area contributed by atoms with Crippen LogP contribution >= 0.6 is 39.1 Å². The summed E-state index contributed by atoms with van der Waals surface area (Å²) in [5.41, 5.74) is 6.97. The van der Waals surface area contributed by atoms with Crippen molar-refractivity contribution in [2.75, 3.05) is 0 Å². The number of hydrogen-bond donors (Lipinski definition) is 4. The maximum Gasteiger partial charge on any atom is 0.488 e. The second-order valence-electron chi connectivity index (χ2n) is 9.57. The van der Waals surface area contributed by atoms with Gasteiger partial charge in [-0.1, -0.05) is 148 Å². The second-order valence-corrected chi connectivity index (χ2v) is 11.3. The Bertz CT molecular complexity index is 1800. The summed E-state index contributed by atoms with van der Waals surface area (Å²) in [4.78, 5) is 0. The molecule has 8 heteroatoms. The molecule has 6 rings (SSSR count). The van der Waals surface area contributed by atoms with E-state index in [-0.39, 0.29) is 11.5 Å². The van der Waals surface area contributed by atoms with Gasteiger partial charge < -0.3 is 20.3 Å². The monoisotopic (exact) mass is 684 g/mol. The lowest BCUT2D eigenvalue weighted by Gasteiger charge is -2.07. The summed E-state index contributed by atoms with van der Waals surface area (Å²) in [6, 6.07) is 45.7. The first-order chi connectivity index (χ1) is 21.2. The van der Waals surface area contributed by atoms with Crippen molar-refractivity contribution in [1.82, 2.24) is 0 Å². The maximum absolute atomic E-state index is 9.49. The molecule has 0 atom stereocenters. The average Bonchev–Trinajstić information content (AvgIpc) is 3.06. The lowest BCUT2D eigenvalue weighted by atomic mass is 9.79. The highest BCUT2D eigenvalue weighted by Gasteiger charge is 2.11. The third kappa shape index (κ3) is 9.48. The van der Waals surface area contributed by atoms with E-state index in [1.165, 1.54) is 11.6 Å². The molecule has 0 radical (unpaired) electrons. The van der Waals surface area contributed by atoms with E-state index in [9.17, 15) is 5.11 Å². The Labute approximate surface area is 275 Å². The lowest BCUT2D eigenvalue weighted by molar-refractivity contribution is 0.426. The Kier molecular flexibility index (Phi) is 12.1. The number of phenols is 2. The number of aromatic hydroxyl groups is 2. The maximum atomic E-state index is 9.49. The summed E-state index contributed by atoms with van der Waals surface area (Å²) >= 11 is 14.7. The van der Waals surface area contributed by atoms with Gasteiger partial charge in [0.2, 0.25) is 0 Å². The molecule has 0 amide bonds. The van der Waals surface area contributed by atoms with Crippen LogP contribution in [0.5, 0.6) is 11.5 Å². The van der Waals surface area contributed by atoms with E-state index in [0.29, 0.717) is 15.5 Å². The average molecular weight is 686 g/mol. The molecule has 0 saturated carbocycles. The molecule has 220 valence electrons. The van der Waals surface area contributed by atoms with Gasteiger partial charge >= 0.3 is 7.12 Å². The molecule has 4 nitrogen and oxygen atoms in total.